The molecule has 1 saturated heterocycles. The largest absolute Gasteiger partial charge is 1.00 e. The molecule has 19 nitrogen and oxygen atoms in total. The molecule has 2 unspecified atom stereocenters. The fourth-order valence-corrected chi connectivity index (χ4v) is 5.13. The smallest absolute Gasteiger partial charge is 0.756 e. The summed E-state index contributed by atoms with van der Waals surface area (Å²) in [6.45, 7) is -2.20. The summed E-state index contributed by atoms with van der Waals surface area (Å²) in [7, 11) is -11.1. The Kier molecular flexibility index (Phi) is 11.3. The first kappa shape index (κ1) is 32.3. The zero-order valence-corrected chi connectivity index (χ0v) is 22.7. The van der Waals surface area contributed by atoms with Crippen LogP contribution in [0.5, 0.6) is 0 Å². The van der Waals surface area contributed by atoms with Gasteiger partial charge in [0.2, 0.25) is 0 Å². The molecule has 0 aliphatic carbocycles. The van der Waals surface area contributed by atoms with Gasteiger partial charge in [0, 0.05) is 0 Å². The van der Waals surface area contributed by atoms with Crippen LogP contribution < -0.4 is 40.2 Å². The minimum Gasteiger partial charge on any atom is -0.756 e. The van der Waals surface area contributed by atoms with Gasteiger partial charge in [0.15, 0.2) is 24.0 Å². The maximum atomic E-state index is 12.0. The van der Waals surface area contributed by atoms with Crippen LogP contribution in [0.15, 0.2) is 12.7 Å². The molecule has 1 fully saturated rings. The second kappa shape index (κ2) is 12.9. The van der Waals surface area contributed by atoms with Gasteiger partial charge in [0.1, 0.15) is 48.5 Å². The van der Waals surface area contributed by atoms with Crippen LogP contribution in [0.4, 0.5) is 5.82 Å². The SMILES string of the molecule is Nc1ncnc2c1ncn2[C@@H]1O[C@H](COP(=O)(O)OP(=O)([O-])OC[C@@H](O)[C@@H](O)[C@@H](O)C=O)[C@@H](O)[C@H]1O.[Na+]. The van der Waals surface area contributed by atoms with Crippen molar-refractivity contribution in [3.8, 4) is 0 Å². The Balaban J connectivity index is 0.00000481. The normalized spacial score (nSPS) is 27.5. The van der Waals surface area contributed by atoms with Crippen molar-refractivity contribution in [2.75, 3.05) is 18.9 Å². The van der Waals surface area contributed by atoms with Crippen LogP contribution in [-0.2, 0) is 32.0 Å². The van der Waals surface area contributed by atoms with Crippen LogP contribution in [0, 0.1) is 0 Å². The van der Waals surface area contributed by atoms with E-state index in [9.17, 15) is 44.1 Å². The van der Waals surface area contributed by atoms with E-state index in [1.54, 1.807) is 0 Å². The van der Waals surface area contributed by atoms with Gasteiger partial charge in [-0.3, -0.25) is 13.7 Å². The van der Waals surface area contributed by atoms with E-state index in [1.165, 1.54) is 10.9 Å². The maximum absolute atomic E-state index is 12.0. The monoisotopic (exact) mass is 581 g/mol. The fraction of sp³-hybridized carbons (Fsp3) is 0.600. The molecule has 0 aromatic carbocycles. The molecule has 0 spiro atoms. The van der Waals surface area contributed by atoms with Crippen LogP contribution in [0.25, 0.3) is 11.2 Å². The number of phosphoric ester groups is 2. The average Bonchev–Trinajstić information content (AvgIpc) is 3.36. The summed E-state index contributed by atoms with van der Waals surface area (Å²) < 4.78 is 43.1. The Morgan fingerprint density at radius 2 is 1.86 bits per heavy atom. The quantitative estimate of drug-likeness (QED) is 0.0695. The zero-order valence-electron chi connectivity index (χ0n) is 18.9. The van der Waals surface area contributed by atoms with E-state index in [1.807, 2.05) is 0 Å². The van der Waals surface area contributed by atoms with E-state index < -0.39 is 71.7 Å². The minimum atomic E-state index is -5.64. The number of anilines is 1. The third-order valence-corrected chi connectivity index (χ3v) is 7.46. The molecule has 0 bridgehead atoms. The number of ether oxygens (including phenoxy) is 1. The minimum absolute atomic E-state index is 0. The van der Waals surface area contributed by atoms with E-state index >= 15 is 0 Å². The van der Waals surface area contributed by atoms with Gasteiger partial charge in [-0.15, -0.1) is 0 Å². The van der Waals surface area contributed by atoms with Gasteiger partial charge < -0.3 is 55.1 Å². The average molecular weight is 581 g/mol. The number of fused-ring (bicyclic) bond motifs is 1. The Morgan fingerprint density at radius 3 is 2.51 bits per heavy atom. The molecule has 9 atom stereocenters. The van der Waals surface area contributed by atoms with Crippen molar-refractivity contribution < 1.29 is 96.9 Å². The summed E-state index contributed by atoms with van der Waals surface area (Å²) in [4.78, 5) is 43.6. The Morgan fingerprint density at radius 1 is 1.19 bits per heavy atom. The molecule has 0 saturated carbocycles. The molecule has 8 N–H and O–H groups in total. The van der Waals surface area contributed by atoms with Crippen LogP contribution in [-0.4, -0.2) is 106 Å². The number of imidazole rings is 1. The number of aliphatic hydroxyl groups is 5. The number of rotatable bonds is 12. The number of aromatic nitrogens is 4. The van der Waals surface area contributed by atoms with E-state index in [-0.39, 0.29) is 52.8 Å². The summed E-state index contributed by atoms with van der Waals surface area (Å²) in [5.74, 6) is 0.0382. The molecule has 1 aliphatic rings. The number of aldehydes is 1. The Hall–Kier alpha value is -0.960. The fourth-order valence-electron chi connectivity index (χ4n) is 3.07. The summed E-state index contributed by atoms with van der Waals surface area (Å²) in [5, 5.41) is 48.6. The number of hydrogen-bond acceptors (Lipinski definition) is 17. The van der Waals surface area contributed by atoms with Crippen molar-refractivity contribution in [3.63, 3.8) is 0 Å². The topological polar surface area (TPSA) is 302 Å². The van der Waals surface area contributed by atoms with Crippen LogP contribution in [0.2, 0.25) is 0 Å². The Labute approximate surface area is 229 Å². The maximum Gasteiger partial charge on any atom is 1.00 e. The van der Waals surface area contributed by atoms with Gasteiger partial charge in [-0.05, 0) is 0 Å². The number of nitrogens with two attached hydrogens (primary N) is 1. The van der Waals surface area contributed by atoms with Crippen molar-refractivity contribution in [3.05, 3.63) is 12.7 Å². The van der Waals surface area contributed by atoms with Gasteiger partial charge in [0.05, 0.1) is 19.5 Å². The first-order valence-electron chi connectivity index (χ1n) is 9.84. The third kappa shape index (κ3) is 7.80. The van der Waals surface area contributed by atoms with Gasteiger partial charge in [0.25, 0.3) is 7.82 Å². The van der Waals surface area contributed by atoms with Crippen molar-refractivity contribution in [1.29, 1.82) is 0 Å². The van der Waals surface area contributed by atoms with E-state index in [0.717, 1.165) is 6.33 Å². The molecule has 0 amide bonds. The number of hydrogen-bond donors (Lipinski definition) is 7. The van der Waals surface area contributed by atoms with Crippen LogP contribution in [0.1, 0.15) is 6.23 Å². The number of carbonyl (C=O) groups is 1. The van der Waals surface area contributed by atoms with Crippen molar-refractivity contribution in [1.82, 2.24) is 19.5 Å². The standard InChI is InChI=1S/C15H23N5O14P2.Na/c16-13-9-14(18-4-17-13)20(5-19-9)15-12(26)11(25)8(33-15)3-32-36(29,30)34-35(27,28)31-2-7(23)10(24)6(22)1-21;/h1,4-8,10-12,15,22-26H,2-3H2,(H,27,28)(H,29,30)(H2,16,17,18);/q;+1/p-1/t6-,7+,8+,10-,11+,12+,15+;/m0./s1. The third-order valence-electron chi connectivity index (χ3n) is 4.89. The van der Waals surface area contributed by atoms with E-state index in [2.05, 4.69) is 28.3 Å². The van der Waals surface area contributed by atoms with E-state index in [4.69, 9.17) is 15.6 Å². The molecule has 2 aromatic rings. The van der Waals surface area contributed by atoms with Gasteiger partial charge in [-0.1, -0.05) is 0 Å². The summed E-state index contributed by atoms with van der Waals surface area (Å²) in [5.41, 5.74) is 6.02. The Bertz CT molecular complexity index is 1170. The number of phosphoric acid groups is 2. The molecule has 37 heavy (non-hydrogen) atoms. The molecule has 2 aromatic heterocycles. The molecule has 3 heterocycles. The van der Waals surface area contributed by atoms with Crippen molar-refractivity contribution in [2.45, 2.75) is 42.9 Å². The summed E-state index contributed by atoms with van der Waals surface area (Å²) in [6, 6.07) is 0. The summed E-state index contributed by atoms with van der Waals surface area (Å²) >= 11 is 0. The molecule has 0 radical (unpaired) electrons. The molecule has 22 heteroatoms. The second-order valence-corrected chi connectivity index (χ2v) is 10.4. The number of carbonyl (C=O) groups excluding carboxylic acids is 1. The number of nitrogen functional groups attached to an aromatic ring is 1. The summed E-state index contributed by atoms with van der Waals surface area (Å²) in [6.07, 6.45) is -10.1. The van der Waals surface area contributed by atoms with Crippen LogP contribution in [0.3, 0.4) is 0 Å². The zero-order chi connectivity index (χ0) is 26.8. The predicted octanol–water partition coefficient (Wildman–Crippen LogP) is -7.07. The first-order chi connectivity index (χ1) is 16.8. The second-order valence-electron chi connectivity index (χ2n) is 7.40. The molecule has 3 rings (SSSR count). The predicted molar refractivity (Wildman–Crippen MR) is 110 cm³/mol. The molecular weight excluding hydrogens is 559 g/mol. The first-order valence-corrected chi connectivity index (χ1v) is 12.8. The van der Waals surface area contributed by atoms with Gasteiger partial charge in [-0.2, -0.15) is 0 Å². The van der Waals surface area contributed by atoms with Crippen molar-refractivity contribution in [2.24, 2.45) is 0 Å². The number of aliphatic hydroxyl groups excluding tert-OH is 5. The van der Waals surface area contributed by atoms with Crippen LogP contribution >= 0.6 is 15.6 Å². The molecule has 1 aliphatic heterocycles. The van der Waals surface area contributed by atoms with Crippen molar-refractivity contribution >= 4 is 38.9 Å². The van der Waals surface area contributed by atoms with Gasteiger partial charge in [-0.25, -0.2) is 23.8 Å². The van der Waals surface area contributed by atoms with E-state index in [0.29, 0.717) is 0 Å². The number of nitrogens with zero attached hydrogens (tertiary/aromatic N) is 4. The van der Waals surface area contributed by atoms with Gasteiger partial charge >= 0.3 is 37.4 Å². The molecule has 202 valence electrons. The molecular formula is C15H22N5NaO14P2.